The first-order valence-corrected chi connectivity index (χ1v) is 4.68. The Morgan fingerprint density at radius 2 is 2.00 bits per heavy atom. The molecule has 0 aromatic carbocycles. The van der Waals surface area contributed by atoms with E-state index in [0.29, 0.717) is 12.3 Å². The van der Waals surface area contributed by atoms with Gasteiger partial charge in [-0.1, -0.05) is 12.2 Å². The third-order valence-electron chi connectivity index (χ3n) is 3.60. The largest absolute Gasteiger partial charge is 0.391 e. The van der Waals surface area contributed by atoms with Gasteiger partial charge in [-0.25, -0.2) is 0 Å². The Bertz CT molecular complexity index is 315. The number of ether oxygens (including phenoxy) is 1. The second-order valence-electron chi connectivity index (χ2n) is 4.18. The average Bonchev–Trinajstić information content (AvgIpc) is 2.20. The molecule has 1 spiro atoms. The van der Waals surface area contributed by atoms with Crippen LogP contribution in [-0.2, 0) is 14.3 Å². The fourth-order valence-electron chi connectivity index (χ4n) is 2.80. The van der Waals surface area contributed by atoms with Crippen LogP contribution in [0.4, 0.5) is 0 Å². The van der Waals surface area contributed by atoms with E-state index in [-0.39, 0.29) is 17.9 Å². The normalized spacial score (nSPS) is 39.1. The summed E-state index contributed by atoms with van der Waals surface area (Å²) in [4.78, 5) is 22.7. The lowest BCUT2D eigenvalue weighted by atomic mass is 9.57. The predicted molar refractivity (Wildman–Crippen MR) is 43.5 cm³/mol. The predicted octanol–water partition coefficient (Wildman–Crippen LogP) is 1.04. The number of hydrogen-bond acceptors (Lipinski definition) is 3. The van der Waals surface area contributed by atoms with E-state index in [0.717, 1.165) is 12.8 Å². The topological polar surface area (TPSA) is 43.4 Å². The lowest BCUT2D eigenvalue weighted by molar-refractivity contribution is -0.205. The smallest absolute Gasteiger partial charge is 0.331 e. The molecule has 3 nitrogen and oxygen atoms in total. The summed E-state index contributed by atoms with van der Waals surface area (Å²) in [6.07, 6.45) is 6.92. The molecule has 68 valence electrons. The molecule has 2 unspecified atom stereocenters. The zero-order chi connectivity index (χ0) is 9.05. The number of allylic oxidation sites excluding steroid dienone is 2. The van der Waals surface area contributed by atoms with E-state index in [2.05, 4.69) is 10.8 Å². The zero-order valence-corrected chi connectivity index (χ0v) is 7.16. The fraction of sp³-hybridized carbons (Fsp3) is 0.600. The molecular formula is C10H10O3. The SMILES string of the molecule is O=C1OC(=O)C12CC1C=CC2CC1. The molecule has 0 N–H and O–H groups in total. The minimum absolute atomic E-state index is 0.117. The first-order chi connectivity index (χ1) is 6.23. The molecule has 4 aliphatic rings. The minimum Gasteiger partial charge on any atom is -0.391 e. The van der Waals surface area contributed by atoms with Crippen LogP contribution in [0.25, 0.3) is 0 Å². The minimum atomic E-state index is -0.752. The Hall–Kier alpha value is -1.12. The molecule has 1 saturated carbocycles. The summed E-state index contributed by atoms with van der Waals surface area (Å²) in [5, 5.41) is 0. The van der Waals surface area contributed by atoms with Crippen molar-refractivity contribution in [2.24, 2.45) is 17.3 Å². The van der Waals surface area contributed by atoms with E-state index in [1.165, 1.54) is 0 Å². The quantitative estimate of drug-likeness (QED) is 0.316. The molecule has 1 saturated heterocycles. The van der Waals surface area contributed by atoms with Crippen molar-refractivity contribution in [1.29, 1.82) is 0 Å². The summed E-state index contributed by atoms with van der Waals surface area (Å²) in [6.45, 7) is 0. The molecule has 1 aliphatic heterocycles. The third kappa shape index (κ3) is 0.666. The molecule has 2 bridgehead atoms. The summed E-state index contributed by atoms with van der Waals surface area (Å²) in [7, 11) is 0. The summed E-state index contributed by atoms with van der Waals surface area (Å²) in [6, 6.07) is 0. The highest BCUT2D eigenvalue weighted by Gasteiger charge is 2.65. The number of cyclic esters (lactones) is 2. The zero-order valence-electron chi connectivity index (χ0n) is 7.16. The van der Waals surface area contributed by atoms with E-state index < -0.39 is 5.41 Å². The van der Waals surface area contributed by atoms with Crippen molar-refractivity contribution < 1.29 is 14.3 Å². The van der Waals surface area contributed by atoms with Gasteiger partial charge in [0, 0.05) is 5.92 Å². The monoisotopic (exact) mass is 178 g/mol. The highest BCUT2D eigenvalue weighted by molar-refractivity contribution is 6.14. The Kier molecular flexibility index (Phi) is 1.14. The summed E-state index contributed by atoms with van der Waals surface area (Å²) in [5.74, 6) is -0.0545. The van der Waals surface area contributed by atoms with Gasteiger partial charge in [-0.2, -0.15) is 0 Å². The van der Waals surface area contributed by atoms with Crippen molar-refractivity contribution in [1.82, 2.24) is 0 Å². The second kappa shape index (κ2) is 2.03. The molecule has 2 atom stereocenters. The van der Waals surface area contributed by atoms with Gasteiger partial charge in [-0.05, 0) is 25.2 Å². The van der Waals surface area contributed by atoms with Crippen LogP contribution in [0.3, 0.4) is 0 Å². The van der Waals surface area contributed by atoms with Crippen molar-refractivity contribution in [3.05, 3.63) is 12.2 Å². The van der Waals surface area contributed by atoms with Gasteiger partial charge in [0.2, 0.25) is 0 Å². The van der Waals surface area contributed by atoms with Gasteiger partial charge in [0.15, 0.2) is 5.41 Å². The highest BCUT2D eigenvalue weighted by atomic mass is 16.6. The van der Waals surface area contributed by atoms with Crippen LogP contribution in [0.15, 0.2) is 12.2 Å². The number of rotatable bonds is 0. The van der Waals surface area contributed by atoms with Crippen molar-refractivity contribution in [3.63, 3.8) is 0 Å². The van der Waals surface area contributed by atoms with Crippen LogP contribution in [0, 0.1) is 17.3 Å². The fourth-order valence-corrected chi connectivity index (χ4v) is 2.80. The average molecular weight is 178 g/mol. The van der Waals surface area contributed by atoms with E-state index in [9.17, 15) is 9.59 Å². The van der Waals surface area contributed by atoms with Crippen molar-refractivity contribution in [2.45, 2.75) is 19.3 Å². The first kappa shape index (κ1) is 7.30. The standard InChI is InChI=1S/C10H10O3/c11-8-10(9(12)13-8)5-6-1-3-7(10)4-2-6/h1,3,6-7H,2,4-5H2. The van der Waals surface area contributed by atoms with E-state index in [1.807, 2.05) is 6.08 Å². The van der Waals surface area contributed by atoms with E-state index in [1.54, 1.807) is 0 Å². The molecule has 3 aliphatic carbocycles. The first-order valence-electron chi connectivity index (χ1n) is 4.68. The molecule has 0 aromatic heterocycles. The van der Waals surface area contributed by atoms with Crippen molar-refractivity contribution >= 4 is 11.9 Å². The van der Waals surface area contributed by atoms with Gasteiger partial charge in [-0.3, -0.25) is 9.59 Å². The summed E-state index contributed by atoms with van der Waals surface area (Å²) in [5.41, 5.74) is -0.752. The third-order valence-corrected chi connectivity index (χ3v) is 3.60. The van der Waals surface area contributed by atoms with Crippen LogP contribution in [-0.4, -0.2) is 11.9 Å². The molecule has 4 rings (SSSR count). The van der Waals surface area contributed by atoms with Gasteiger partial charge >= 0.3 is 11.9 Å². The van der Waals surface area contributed by atoms with Crippen molar-refractivity contribution in [2.75, 3.05) is 0 Å². The molecule has 3 heteroatoms. The van der Waals surface area contributed by atoms with Crippen LogP contribution in [0.1, 0.15) is 19.3 Å². The van der Waals surface area contributed by atoms with Gasteiger partial charge in [0.1, 0.15) is 0 Å². The number of carbonyl (C=O) groups excluding carboxylic acids is 2. The van der Waals surface area contributed by atoms with Crippen LogP contribution in [0.2, 0.25) is 0 Å². The maximum absolute atomic E-state index is 11.3. The van der Waals surface area contributed by atoms with Gasteiger partial charge in [0.25, 0.3) is 0 Å². The number of hydrogen-bond donors (Lipinski definition) is 0. The maximum atomic E-state index is 11.3. The lowest BCUT2D eigenvalue weighted by Crippen LogP contribution is -2.60. The van der Waals surface area contributed by atoms with Crippen LogP contribution in [0.5, 0.6) is 0 Å². The Balaban J connectivity index is 2.06. The maximum Gasteiger partial charge on any atom is 0.331 e. The van der Waals surface area contributed by atoms with Crippen molar-refractivity contribution in [3.8, 4) is 0 Å². The molecular weight excluding hydrogens is 168 g/mol. The summed E-state index contributed by atoms with van der Waals surface area (Å²) < 4.78 is 4.47. The van der Waals surface area contributed by atoms with Gasteiger partial charge in [-0.15, -0.1) is 0 Å². The lowest BCUT2D eigenvalue weighted by Gasteiger charge is -2.48. The molecule has 0 aromatic rings. The van der Waals surface area contributed by atoms with E-state index in [4.69, 9.17) is 0 Å². The Morgan fingerprint density at radius 1 is 1.23 bits per heavy atom. The summed E-state index contributed by atoms with van der Waals surface area (Å²) >= 11 is 0. The number of fused-ring (bicyclic) bond motifs is 1. The Labute approximate surface area is 75.8 Å². The van der Waals surface area contributed by atoms with Crippen LogP contribution >= 0.6 is 0 Å². The van der Waals surface area contributed by atoms with Gasteiger partial charge in [0.05, 0.1) is 0 Å². The molecule has 0 radical (unpaired) electrons. The second-order valence-corrected chi connectivity index (χ2v) is 4.18. The Morgan fingerprint density at radius 3 is 2.31 bits per heavy atom. The molecule has 13 heavy (non-hydrogen) atoms. The molecule has 0 amide bonds. The number of esters is 2. The molecule has 1 heterocycles. The molecule has 2 fully saturated rings. The highest BCUT2D eigenvalue weighted by Crippen LogP contribution is 2.54. The van der Waals surface area contributed by atoms with Gasteiger partial charge < -0.3 is 4.74 Å². The van der Waals surface area contributed by atoms with E-state index >= 15 is 0 Å². The van der Waals surface area contributed by atoms with Crippen LogP contribution < -0.4 is 0 Å². The number of carbonyl (C=O) groups is 2.